The van der Waals surface area contributed by atoms with Crippen LogP contribution in [0.1, 0.15) is 5.56 Å². The van der Waals surface area contributed by atoms with E-state index in [0.29, 0.717) is 11.3 Å². The third-order valence-corrected chi connectivity index (χ3v) is 1.77. The molecule has 0 radical (unpaired) electrons. The Balaban J connectivity index is 0.000000980. The number of hydrogen-bond donors (Lipinski definition) is 2. The minimum absolute atomic E-state index is 0. The van der Waals surface area contributed by atoms with Crippen molar-refractivity contribution in [3.05, 3.63) is 29.5 Å². The van der Waals surface area contributed by atoms with E-state index < -0.39 is 12.9 Å². The molecule has 3 N–H and O–H groups in total. The maximum Gasteiger partial charge on any atom is 0.552 e. The van der Waals surface area contributed by atoms with Gasteiger partial charge in [0.15, 0.2) is 5.82 Å². The Morgan fingerprint density at radius 3 is 2.86 bits per heavy atom. The molecule has 14 heavy (non-hydrogen) atoms. The van der Waals surface area contributed by atoms with Crippen LogP contribution < -0.4 is 10.4 Å². The summed E-state index contributed by atoms with van der Waals surface area (Å²) >= 11 is 0. The van der Waals surface area contributed by atoms with Gasteiger partial charge in [0.1, 0.15) is 5.75 Å². The minimum Gasteiger partial charge on any atom is -0.530 e. The molecule has 74 valence electrons. The molecule has 6 heteroatoms. The number of halogens is 2. The smallest absolute Gasteiger partial charge is 0.530 e. The molecule has 0 bridgehead atoms. The molecular formula is C8H8BClFNO2. The van der Waals surface area contributed by atoms with E-state index in [1.54, 1.807) is 12.1 Å². The molecule has 3 nitrogen and oxygen atoms in total. The van der Waals surface area contributed by atoms with E-state index in [2.05, 4.69) is 0 Å². The molecule has 1 aromatic carbocycles. The van der Waals surface area contributed by atoms with Crippen molar-refractivity contribution in [3.63, 3.8) is 0 Å². The van der Waals surface area contributed by atoms with Crippen LogP contribution in [0.15, 0.2) is 18.1 Å². The average molecular weight is 215 g/mol. The first-order valence-corrected chi connectivity index (χ1v) is 3.79. The van der Waals surface area contributed by atoms with E-state index in [1.807, 2.05) is 0 Å². The first kappa shape index (κ1) is 10.9. The lowest BCUT2D eigenvalue weighted by Gasteiger charge is -2.15. The Morgan fingerprint density at radius 1 is 1.43 bits per heavy atom. The second-order valence-electron chi connectivity index (χ2n) is 2.79. The summed E-state index contributed by atoms with van der Waals surface area (Å²) in [5.74, 6) is 0.906. The molecule has 0 aromatic heterocycles. The summed E-state index contributed by atoms with van der Waals surface area (Å²) in [5.41, 5.74) is 6.30. The van der Waals surface area contributed by atoms with E-state index in [0.717, 1.165) is 6.07 Å². The summed E-state index contributed by atoms with van der Waals surface area (Å²) in [6, 6.07) is 2.74. The van der Waals surface area contributed by atoms with Gasteiger partial charge in [-0.3, -0.25) is 0 Å². The number of nitrogens with two attached hydrogens (primary N) is 1. The Bertz CT molecular complexity index is 386. The van der Waals surface area contributed by atoms with E-state index in [9.17, 15) is 4.39 Å². The van der Waals surface area contributed by atoms with Gasteiger partial charge < -0.3 is 15.4 Å². The van der Waals surface area contributed by atoms with Crippen LogP contribution >= 0.6 is 12.4 Å². The monoisotopic (exact) mass is 215 g/mol. The van der Waals surface area contributed by atoms with Crippen molar-refractivity contribution in [2.24, 2.45) is 0 Å². The van der Waals surface area contributed by atoms with Crippen molar-refractivity contribution in [1.29, 1.82) is 0 Å². The number of rotatable bonds is 0. The lowest BCUT2D eigenvalue weighted by molar-refractivity contribution is 0.409. The first-order valence-electron chi connectivity index (χ1n) is 3.79. The summed E-state index contributed by atoms with van der Waals surface area (Å²) in [5, 5.41) is 9.04. The van der Waals surface area contributed by atoms with Gasteiger partial charge in [0, 0.05) is 17.3 Å². The van der Waals surface area contributed by atoms with Crippen LogP contribution in [0.5, 0.6) is 5.75 Å². The molecular weight excluding hydrogens is 207 g/mol. The van der Waals surface area contributed by atoms with Crippen molar-refractivity contribution < 1.29 is 14.1 Å². The summed E-state index contributed by atoms with van der Waals surface area (Å²) in [6.45, 7) is 0. The number of fused-ring (bicyclic) bond motifs is 1. The molecule has 0 aliphatic carbocycles. The highest BCUT2D eigenvalue weighted by Gasteiger charge is 2.21. The predicted octanol–water partition coefficient (Wildman–Crippen LogP) is 1.25. The molecule has 1 heterocycles. The molecule has 2 rings (SSSR count). The highest BCUT2D eigenvalue weighted by atomic mass is 35.5. The molecule has 0 saturated heterocycles. The molecule has 1 aliphatic rings. The fraction of sp³-hybridized carbons (Fsp3) is 0. The van der Waals surface area contributed by atoms with E-state index >= 15 is 0 Å². The maximum absolute atomic E-state index is 13.2. The lowest BCUT2D eigenvalue weighted by Crippen LogP contribution is -2.22. The molecule has 0 atom stereocenters. The molecule has 0 amide bonds. The van der Waals surface area contributed by atoms with Crippen LogP contribution in [0.25, 0.3) is 6.08 Å². The molecule has 1 aliphatic heterocycles. The summed E-state index contributed by atoms with van der Waals surface area (Å²) < 4.78 is 18.0. The van der Waals surface area contributed by atoms with Gasteiger partial charge in [-0.05, 0) is 12.0 Å². The highest BCUT2D eigenvalue weighted by molar-refractivity contribution is 6.51. The van der Waals surface area contributed by atoms with Gasteiger partial charge in [-0.1, -0.05) is 6.08 Å². The number of anilines is 1. The topological polar surface area (TPSA) is 55.5 Å². The second kappa shape index (κ2) is 3.90. The van der Waals surface area contributed by atoms with Crippen LogP contribution in [-0.2, 0) is 0 Å². The second-order valence-corrected chi connectivity index (χ2v) is 2.79. The summed E-state index contributed by atoms with van der Waals surface area (Å²) in [4.78, 5) is 0. The predicted molar refractivity (Wildman–Crippen MR) is 55.7 cm³/mol. The molecule has 0 unspecified atom stereocenters. The SMILES string of the molecule is Cl.Nc1cc(F)c2c(c1)C=CB(O)O2. The minimum atomic E-state index is -1.08. The van der Waals surface area contributed by atoms with Crippen LogP contribution in [0.2, 0.25) is 0 Å². The largest absolute Gasteiger partial charge is 0.552 e. The van der Waals surface area contributed by atoms with Crippen LogP contribution in [-0.4, -0.2) is 12.1 Å². The van der Waals surface area contributed by atoms with Crippen molar-refractivity contribution in [2.75, 3.05) is 5.73 Å². The Hall–Kier alpha value is -1.20. The summed E-state index contributed by atoms with van der Waals surface area (Å²) in [6.07, 6.45) is 1.57. The van der Waals surface area contributed by atoms with Crippen LogP contribution in [0.3, 0.4) is 0 Å². The van der Waals surface area contributed by atoms with E-state index in [1.165, 1.54) is 5.98 Å². The highest BCUT2D eigenvalue weighted by Crippen LogP contribution is 2.29. The molecule has 0 spiro atoms. The van der Waals surface area contributed by atoms with Gasteiger partial charge >= 0.3 is 7.12 Å². The maximum atomic E-state index is 13.2. The van der Waals surface area contributed by atoms with Gasteiger partial charge in [-0.2, -0.15) is 0 Å². The van der Waals surface area contributed by atoms with Crippen molar-refractivity contribution in [3.8, 4) is 5.75 Å². The first-order chi connectivity index (χ1) is 6.16. The zero-order valence-corrected chi connectivity index (χ0v) is 7.92. The van der Waals surface area contributed by atoms with Crippen molar-refractivity contribution in [1.82, 2.24) is 0 Å². The summed E-state index contributed by atoms with van der Waals surface area (Å²) in [7, 11) is -1.08. The lowest BCUT2D eigenvalue weighted by atomic mass is 9.86. The molecule has 0 saturated carbocycles. The Labute approximate surface area is 86.9 Å². The average Bonchev–Trinajstić information content (AvgIpc) is 2.06. The van der Waals surface area contributed by atoms with Gasteiger partial charge in [-0.25, -0.2) is 4.39 Å². The fourth-order valence-corrected chi connectivity index (χ4v) is 1.23. The molecule has 1 aromatic rings. The van der Waals surface area contributed by atoms with Gasteiger partial charge in [0.2, 0.25) is 0 Å². The molecule has 0 fully saturated rings. The zero-order chi connectivity index (χ0) is 9.42. The van der Waals surface area contributed by atoms with Crippen LogP contribution in [0, 0.1) is 5.82 Å². The zero-order valence-electron chi connectivity index (χ0n) is 7.11. The van der Waals surface area contributed by atoms with Crippen LogP contribution in [0.4, 0.5) is 10.1 Å². The number of nitrogen functional groups attached to an aromatic ring is 1. The normalized spacial score (nSPS) is 12.9. The third kappa shape index (κ3) is 1.83. The van der Waals surface area contributed by atoms with Crippen molar-refractivity contribution >= 4 is 31.3 Å². The van der Waals surface area contributed by atoms with E-state index in [-0.39, 0.29) is 18.2 Å². The fourth-order valence-electron chi connectivity index (χ4n) is 1.23. The Kier molecular flexibility index (Phi) is 3.03. The number of hydrogen-bond acceptors (Lipinski definition) is 3. The van der Waals surface area contributed by atoms with Crippen molar-refractivity contribution in [2.45, 2.75) is 0 Å². The third-order valence-electron chi connectivity index (χ3n) is 1.77. The quantitative estimate of drug-likeness (QED) is 0.506. The number of benzene rings is 1. The van der Waals surface area contributed by atoms with Gasteiger partial charge in [-0.15, -0.1) is 12.4 Å². The van der Waals surface area contributed by atoms with E-state index in [4.69, 9.17) is 15.4 Å². The standard InChI is InChI=1S/C8H7BFNO2.ClH/c10-7-4-6(11)3-5-1-2-9(12)13-8(5)7;/h1-4,12H,11H2;1H. The van der Waals surface area contributed by atoms with Gasteiger partial charge in [0.25, 0.3) is 0 Å². The van der Waals surface area contributed by atoms with Gasteiger partial charge in [0.05, 0.1) is 0 Å². The Morgan fingerprint density at radius 2 is 2.14 bits per heavy atom.